The van der Waals surface area contributed by atoms with Crippen molar-refractivity contribution >= 4 is 0 Å². The standard InChI is InChI=1S/C15H29N3O/c1-6-8-16-14(11-19-12(3)4)10-15-9-13(7-2)17-18(15)5/h9,12,14,16H,6-8,10-11H2,1-5H3. The first kappa shape index (κ1) is 16.2. The Morgan fingerprint density at radius 3 is 2.63 bits per heavy atom. The molecule has 0 fully saturated rings. The average molecular weight is 267 g/mol. The quantitative estimate of drug-likeness (QED) is 0.746. The van der Waals surface area contributed by atoms with E-state index in [4.69, 9.17) is 4.74 Å². The molecule has 1 heterocycles. The third-order valence-electron chi connectivity index (χ3n) is 3.16. The van der Waals surface area contributed by atoms with Gasteiger partial charge in [0.15, 0.2) is 0 Å². The van der Waals surface area contributed by atoms with Gasteiger partial charge in [-0.25, -0.2) is 0 Å². The zero-order chi connectivity index (χ0) is 14.3. The molecule has 1 aromatic rings. The maximum Gasteiger partial charge on any atom is 0.0626 e. The molecule has 4 heteroatoms. The van der Waals surface area contributed by atoms with E-state index in [-0.39, 0.29) is 6.10 Å². The fraction of sp³-hybridized carbons (Fsp3) is 0.800. The lowest BCUT2D eigenvalue weighted by molar-refractivity contribution is 0.0609. The predicted molar refractivity (Wildman–Crippen MR) is 79.5 cm³/mol. The lowest BCUT2D eigenvalue weighted by atomic mass is 10.1. The highest BCUT2D eigenvalue weighted by Crippen LogP contribution is 2.08. The van der Waals surface area contributed by atoms with Gasteiger partial charge in [0.25, 0.3) is 0 Å². The lowest BCUT2D eigenvalue weighted by Gasteiger charge is -2.20. The predicted octanol–water partition coefficient (Wildman–Crippen LogP) is 2.32. The normalized spacial score (nSPS) is 13.2. The summed E-state index contributed by atoms with van der Waals surface area (Å²) >= 11 is 0. The maximum atomic E-state index is 5.75. The van der Waals surface area contributed by atoms with Crippen LogP contribution in [0, 0.1) is 0 Å². The van der Waals surface area contributed by atoms with Crippen molar-refractivity contribution in [2.75, 3.05) is 13.2 Å². The fourth-order valence-corrected chi connectivity index (χ4v) is 2.03. The molecular weight excluding hydrogens is 238 g/mol. The van der Waals surface area contributed by atoms with Gasteiger partial charge in [-0.1, -0.05) is 13.8 Å². The summed E-state index contributed by atoms with van der Waals surface area (Å²) in [5.41, 5.74) is 2.44. The first-order chi connectivity index (χ1) is 9.06. The smallest absolute Gasteiger partial charge is 0.0626 e. The van der Waals surface area contributed by atoms with Crippen LogP contribution in [0.2, 0.25) is 0 Å². The summed E-state index contributed by atoms with van der Waals surface area (Å²) in [5.74, 6) is 0. The summed E-state index contributed by atoms with van der Waals surface area (Å²) in [4.78, 5) is 0. The molecule has 110 valence electrons. The van der Waals surface area contributed by atoms with Gasteiger partial charge in [-0.2, -0.15) is 5.10 Å². The Bertz CT molecular complexity index is 360. The highest BCUT2D eigenvalue weighted by Gasteiger charge is 2.13. The molecule has 19 heavy (non-hydrogen) atoms. The van der Waals surface area contributed by atoms with Crippen LogP contribution < -0.4 is 5.32 Å². The molecular formula is C15H29N3O. The van der Waals surface area contributed by atoms with Crippen molar-refractivity contribution in [3.63, 3.8) is 0 Å². The van der Waals surface area contributed by atoms with Gasteiger partial charge >= 0.3 is 0 Å². The molecule has 0 amide bonds. The lowest BCUT2D eigenvalue weighted by Crippen LogP contribution is -2.37. The Morgan fingerprint density at radius 1 is 1.37 bits per heavy atom. The maximum absolute atomic E-state index is 5.75. The Hall–Kier alpha value is -0.870. The Kier molecular flexibility index (Phi) is 7.10. The van der Waals surface area contributed by atoms with E-state index in [1.54, 1.807) is 0 Å². The minimum atomic E-state index is 0.281. The van der Waals surface area contributed by atoms with Gasteiger partial charge in [0.05, 0.1) is 18.4 Å². The average Bonchev–Trinajstić information content (AvgIpc) is 2.73. The van der Waals surface area contributed by atoms with E-state index < -0.39 is 0 Å². The van der Waals surface area contributed by atoms with E-state index in [0.29, 0.717) is 6.04 Å². The zero-order valence-corrected chi connectivity index (χ0v) is 13.1. The van der Waals surface area contributed by atoms with Crippen LogP contribution in [-0.2, 0) is 24.6 Å². The van der Waals surface area contributed by atoms with Crippen molar-refractivity contribution in [1.82, 2.24) is 15.1 Å². The van der Waals surface area contributed by atoms with E-state index in [2.05, 4.69) is 44.2 Å². The van der Waals surface area contributed by atoms with Crippen molar-refractivity contribution < 1.29 is 4.74 Å². The van der Waals surface area contributed by atoms with Gasteiger partial charge in [-0.05, 0) is 39.3 Å². The van der Waals surface area contributed by atoms with Crippen LogP contribution in [-0.4, -0.2) is 35.1 Å². The van der Waals surface area contributed by atoms with Crippen molar-refractivity contribution in [1.29, 1.82) is 0 Å². The topological polar surface area (TPSA) is 39.1 Å². The molecule has 1 rings (SSSR count). The second-order valence-corrected chi connectivity index (χ2v) is 5.34. The molecule has 1 aromatic heterocycles. The SMILES string of the molecule is CCCNC(COC(C)C)Cc1cc(CC)nn1C. The minimum absolute atomic E-state index is 0.281. The third-order valence-corrected chi connectivity index (χ3v) is 3.16. The van der Waals surface area contributed by atoms with E-state index >= 15 is 0 Å². The minimum Gasteiger partial charge on any atom is -0.377 e. The second-order valence-electron chi connectivity index (χ2n) is 5.34. The summed E-state index contributed by atoms with van der Waals surface area (Å²) in [7, 11) is 2.02. The molecule has 0 bridgehead atoms. The Morgan fingerprint density at radius 2 is 2.11 bits per heavy atom. The largest absolute Gasteiger partial charge is 0.377 e. The van der Waals surface area contributed by atoms with Gasteiger partial charge in [-0.3, -0.25) is 4.68 Å². The highest BCUT2D eigenvalue weighted by molar-refractivity contribution is 5.11. The van der Waals surface area contributed by atoms with Crippen LogP contribution in [0.1, 0.15) is 45.5 Å². The molecule has 0 saturated carbocycles. The van der Waals surface area contributed by atoms with E-state index in [1.165, 1.54) is 5.69 Å². The molecule has 0 aromatic carbocycles. The van der Waals surface area contributed by atoms with Crippen molar-refractivity contribution in [3.8, 4) is 0 Å². The van der Waals surface area contributed by atoms with Crippen molar-refractivity contribution in [2.45, 2.75) is 59.1 Å². The number of rotatable bonds is 9. The van der Waals surface area contributed by atoms with E-state index in [1.807, 2.05) is 11.7 Å². The summed E-state index contributed by atoms with van der Waals surface area (Å²) in [5, 5.41) is 8.07. The summed E-state index contributed by atoms with van der Waals surface area (Å²) in [6, 6.07) is 2.57. The summed E-state index contributed by atoms with van der Waals surface area (Å²) < 4.78 is 7.75. The number of aromatic nitrogens is 2. The summed E-state index contributed by atoms with van der Waals surface area (Å²) in [6.45, 7) is 10.3. The zero-order valence-electron chi connectivity index (χ0n) is 13.1. The number of aryl methyl sites for hydroxylation is 2. The molecule has 0 spiro atoms. The first-order valence-corrected chi connectivity index (χ1v) is 7.43. The first-order valence-electron chi connectivity index (χ1n) is 7.43. The van der Waals surface area contributed by atoms with Crippen LogP contribution in [0.5, 0.6) is 0 Å². The monoisotopic (exact) mass is 267 g/mol. The fourth-order valence-electron chi connectivity index (χ4n) is 2.03. The molecule has 1 N–H and O–H groups in total. The summed E-state index contributed by atoms with van der Waals surface area (Å²) in [6.07, 6.45) is 3.38. The second kappa shape index (κ2) is 8.33. The van der Waals surface area contributed by atoms with E-state index in [9.17, 15) is 0 Å². The van der Waals surface area contributed by atoms with Crippen LogP contribution in [0.4, 0.5) is 0 Å². The molecule has 1 atom stereocenters. The Balaban J connectivity index is 2.60. The van der Waals surface area contributed by atoms with Crippen molar-refractivity contribution in [3.05, 3.63) is 17.5 Å². The van der Waals surface area contributed by atoms with Gasteiger partial charge in [0.1, 0.15) is 0 Å². The molecule has 4 nitrogen and oxygen atoms in total. The molecule has 0 radical (unpaired) electrons. The number of ether oxygens (including phenoxy) is 1. The third kappa shape index (κ3) is 5.74. The van der Waals surface area contributed by atoms with Gasteiger partial charge in [0.2, 0.25) is 0 Å². The van der Waals surface area contributed by atoms with Crippen LogP contribution in [0.15, 0.2) is 6.07 Å². The molecule has 0 aliphatic carbocycles. The Labute approximate surface area is 117 Å². The van der Waals surface area contributed by atoms with Crippen molar-refractivity contribution in [2.24, 2.45) is 7.05 Å². The number of hydrogen-bond acceptors (Lipinski definition) is 3. The van der Waals surface area contributed by atoms with E-state index in [0.717, 1.165) is 38.1 Å². The molecule has 0 aliphatic rings. The molecule has 0 aliphatic heterocycles. The van der Waals surface area contributed by atoms with Gasteiger partial charge in [-0.15, -0.1) is 0 Å². The van der Waals surface area contributed by atoms with Crippen LogP contribution in [0.3, 0.4) is 0 Å². The van der Waals surface area contributed by atoms with Crippen LogP contribution in [0.25, 0.3) is 0 Å². The van der Waals surface area contributed by atoms with Gasteiger partial charge < -0.3 is 10.1 Å². The molecule has 0 saturated heterocycles. The number of nitrogens with one attached hydrogen (secondary N) is 1. The van der Waals surface area contributed by atoms with Crippen LogP contribution >= 0.6 is 0 Å². The highest BCUT2D eigenvalue weighted by atomic mass is 16.5. The molecule has 1 unspecified atom stereocenters. The van der Waals surface area contributed by atoms with Gasteiger partial charge in [0, 0.05) is 25.2 Å². The number of nitrogens with zero attached hydrogens (tertiary/aromatic N) is 2. The number of hydrogen-bond donors (Lipinski definition) is 1.